The number of β-amino-alcohol motifs (C(OH)–C–C–N with tert-alkyl or cyclic N) is 1. The van der Waals surface area contributed by atoms with Gasteiger partial charge in [-0.3, -0.25) is 0 Å². The highest BCUT2D eigenvalue weighted by Crippen LogP contribution is 2.35. The Labute approximate surface area is 154 Å². The minimum Gasteiger partial charge on any atom is -0.410 e. The lowest BCUT2D eigenvalue weighted by Crippen LogP contribution is -2.38. The van der Waals surface area contributed by atoms with E-state index < -0.39 is 18.3 Å². The maximum absolute atomic E-state index is 11.9. The van der Waals surface area contributed by atoms with Gasteiger partial charge in [0.2, 0.25) is 0 Å². The summed E-state index contributed by atoms with van der Waals surface area (Å²) >= 11 is 0. The van der Waals surface area contributed by atoms with E-state index in [0.29, 0.717) is 0 Å². The standard InChI is InChI=1S/C18H29N3O5/c1-18(2,3)19-11-12(22)15-13(25-16(23)20(4)5)9-8-10-14(15)26-17(24)21(6)7/h8-10,12,19,22H,11H2,1-7H3. The second-order valence-corrected chi connectivity index (χ2v) is 7.34. The zero-order valence-electron chi connectivity index (χ0n) is 16.5. The molecule has 2 N–H and O–H groups in total. The van der Waals surface area contributed by atoms with Crippen molar-refractivity contribution in [2.45, 2.75) is 32.4 Å². The Morgan fingerprint density at radius 1 is 1.04 bits per heavy atom. The van der Waals surface area contributed by atoms with Crippen molar-refractivity contribution in [2.75, 3.05) is 34.7 Å². The molecule has 1 atom stereocenters. The lowest BCUT2D eigenvalue weighted by molar-refractivity contribution is 0.145. The van der Waals surface area contributed by atoms with Gasteiger partial charge in [0.1, 0.15) is 11.5 Å². The number of carbonyl (C=O) groups is 2. The van der Waals surface area contributed by atoms with Crippen LogP contribution in [0.3, 0.4) is 0 Å². The minimum atomic E-state index is -1.05. The average molecular weight is 367 g/mol. The Balaban J connectivity index is 3.23. The minimum absolute atomic E-state index is 0.135. The number of rotatable bonds is 5. The maximum Gasteiger partial charge on any atom is 0.414 e. The Bertz CT molecular complexity index is 598. The summed E-state index contributed by atoms with van der Waals surface area (Å²) in [5.41, 5.74) is 0.00567. The largest absolute Gasteiger partial charge is 0.414 e. The summed E-state index contributed by atoms with van der Waals surface area (Å²) in [5.74, 6) is 0.270. The highest BCUT2D eigenvalue weighted by molar-refractivity contribution is 5.73. The first-order valence-electron chi connectivity index (χ1n) is 8.26. The van der Waals surface area contributed by atoms with Crippen LogP contribution < -0.4 is 14.8 Å². The van der Waals surface area contributed by atoms with Gasteiger partial charge < -0.3 is 29.7 Å². The third kappa shape index (κ3) is 6.53. The molecule has 0 heterocycles. The lowest BCUT2D eigenvalue weighted by Gasteiger charge is -2.25. The van der Waals surface area contributed by atoms with Crippen LogP contribution in [0, 0.1) is 0 Å². The molecule has 2 amide bonds. The quantitative estimate of drug-likeness (QED) is 0.829. The number of ether oxygens (including phenoxy) is 2. The van der Waals surface area contributed by atoms with Gasteiger partial charge in [-0.05, 0) is 32.9 Å². The molecule has 0 aliphatic heterocycles. The van der Waals surface area contributed by atoms with E-state index >= 15 is 0 Å². The zero-order chi connectivity index (χ0) is 20.1. The summed E-state index contributed by atoms with van der Waals surface area (Å²) in [7, 11) is 6.20. The van der Waals surface area contributed by atoms with Crippen LogP contribution in [0.5, 0.6) is 11.5 Å². The van der Waals surface area contributed by atoms with Crippen LogP contribution in [-0.2, 0) is 0 Å². The van der Waals surface area contributed by atoms with Crippen LogP contribution >= 0.6 is 0 Å². The topological polar surface area (TPSA) is 91.3 Å². The van der Waals surface area contributed by atoms with Gasteiger partial charge in [0.05, 0.1) is 11.7 Å². The van der Waals surface area contributed by atoms with E-state index in [0.717, 1.165) is 0 Å². The van der Waals surface area contributed by atoms with Crippen molar-refractivity contribution >= 4 is 12.2 Å². The van der Waals surface area contributed by atoms with Gasteiger partial charge in [0, 0.05) is 40.3 Å². The van der Waals surface area contributed by atoms with Gasteiger partial charge in [0.25, 0.3) is 0 Å². The summed E-state index contributed by atoms with van der Waals surface area (Å²) in [5, 5.41) is 13.9. The van der Waals surface area contributed by atoms with E-state index in [2.05, 4.69) is 5.32 Å². The molecule has 8 nitrogen and oxygen atoms in total. The third-order valence-electron chi connectivity index (χ3n) is 3.31. The van der Waals surface area contributed by atoms with Gasteiger partial charge in [-0.15, -0.1) is 0 Å². The fraction of sp³-hybridized carbons (Fsp3) is 0.556. The smallest absolute Gasteiger partial charge is 0.410 e. The van der Waals surface area contributed by atoms with Crippen molar-refractivity contribution in [3.8, 4) is 11.5 Å². The van der Waals surface area contributed by atoms with Crippen molar-refractivity contribution in [1.29, 1.82) is 0 Å². The van der Waals surface area contributed by atoms with Crippen molar-refractivity contribution in [2.24, 2.45) is 0 Å². The predicted molar refractivity (Wildman–Crippen MR) is 98.6 cm³/mol. The molecular formula is C18H29N3O5. The number of amides is 2. The zero-order valence-corrected chi connectivity index (χ0v) is 16.5. The van der Waals surface area contributed by atoms with Gasteiger partial charge in [-0.2, -0.15) is 0 Å². The van der Waals surface area contributed by atoms with Crippen LogP contribution in [0.1, 0.15) is 32.4 Å². The molecule has 0 spiro atoms. The van der Waals surface area contributed by atoms with Gasteiger partial charge in [0.15, 0.2) is 0 Å². The number of carbonyl (C=O) groups excluding carboxylic acids is 2. The van der Waals surface area contributed by atoms with E-state index in [1.54, 1.807) is 46.4 Å². The fourth-order valence-corrected chi connectivity index (χ4v) is 1.91. The van der Waals surface area contributed by atoms with E-state index in [1.807, 2.05) is 20.8 Å². The average Bonchev–Trinajstić information content (AvgIpc) is 2.51. The van der Waals surface area contributed by atoms with Crippen molar-refractivity contribution in [3.63, 3.8) is 0 Å². The molecule has 0 aliphatic rings. The molecule has 0 aromatic heterocycles. The first-order chi connectivity index (χ1) is 11.9. The van der Waals surface area contributed by atoms with Gasteiger partial charge in [-0.1, -0.05) is 6.07 Å². The van der Waals surface area contributed by atoms with E-state index in [-0.39, 0.29) is 29.1 Å². The number of benzene rings is 1. The Morgan fingerprint density at radius 3 is 1.81 bits per heavy atom. The Morgan fingerprint density at radius 2 is 1.46 bits per heavy atom. The van der Waals surface area contributed by atoms with Crippen LogP contribution in [0.15, 0.2) is 18.2 Å². The predicted octanol–water partition coefficient (Wildman–Crippen LogP) is 2.23. The molecule has 1 aromatic carbocycles. The van der Waals surface area contributed by atoms with E-state index in [1.165, 1.54) is 9.80 Å². The van der Waals surface area contributed by atoms with Crippen LogP contribution in [0.4, 0.5) is 9.59 Å². The summed E-state index contributed by atoms with van der Waals surface area (Å²) in [6, 6.07) is 4.68. The summed E-state index contributed by atoms with van der Waals surface area (Å²) < 4.78 is 10.7. The van der Waals surface area contributed by atoms with Crippen LogP contribution in [0.2, 0.25) is 0 Å². The molecule has 1 unspecified atom stereocenters. The van der Waals surface area contributed by atoms with Crippen molar-refractivity contribution < 1.29 is 24.2 Å². The number of hydrogen-bond donors (Lipinski definition) is 2. The summed E-state index contributed by atoms with van der Waals surface area (Å²) in [6.07, 6.45) is -2.25. The monoisotopic (exact) mass is 367 g/mol. The highest BCUT2D eigenvalue weighted by atomic mass is 16.6. The molecule has 0 radical (unpaired) electrons. The van der Waals surface area contributed by atoms with Gasteiger partial charge >= 0.3 is 12.2 Å². The van der Waals surface area contributed by atoms with E-state index in [9.17, 15) is 14.7 Å². The molecule has 0 fully saturated rings. The van der Waals surface area contributed by atoms with Crippen LogP contribution in [-0.4, -0.2) is 67.4 Å². The lowest BCUT2D eigenvalue weighted by atomic mass is 10.0. The normalized spacial score (nSPS) is 12.3. The van der Waals surface area contributed by atoms with E-state index in [4.69, 9.17) is 9.47 Å². The maximum atomic E-state index is 11.9. The third-order valence-corrected chi connectivity index (χ3v) is 3.31. The van der Waals surface area contributed by atoms with Crippen molar-refractivity contribution in [1.82, 2.24) is 15.1 Å². The second-order valence-electron chi connectivity index (χ2n) is 7.34. The molecular weight excluding hydrogens is 338 g/mol. The molecule has 146 valence electrons. The molecule has 1 rings (SSSR count). The molecule has 26 heavy (non-hydrogen) atoms. The van der Waals surface area contributed by atoms with Crippen molar-refractivity contribution in [3.05, 3.63) is 23.8 Å². The summed E-state index contributed by atoms with van der Waals surface area (Å²) in [6.45, 7) is 6.08. The highest BCUT2D eigenvalue weighted by Gasteiger charge is 2.24. The molecule has 1 aromatic rings. The molecule has 8 heteroatoms. The SMILES string of the molecule is CN(C)C(=O)Oc1cccc(OC(=O)N(C)C)c1C(O)CNC(C)(C)C. The Hall–Kier alpha value is -2.32. The fourth-order valence-electron chi connectivity index (χ4n) is 1.91. The molecule has 0 saturated heterocycles. The number of aliphatic hydroxyl groups is 1. The number of nitrogens with zero attached hydrogens (tertiary/aromatic N) is 2. The van der Waals surface area contributed by atoms with Gasteiger partial charge in [-0.25, -0.2) is 9.59 Å². The first kappa shape index (κ1) is 21.7. The second kappa shape index (κ2) is 8.86. The first-order valence-corrected chi connectivity index (χ1v) is 8.26. The molecule has 0 bridgehead atoms. The number of aliphatic hydroxyl groups excluding tert-OH is 1. The summed E-state index contributed by atoms with van der Waals surface area (Å²) in [4.78, 5) is 26.4. The number of hydrogen-bond acceptors (Lipinski definition) is 6. The Kier molecular flexibility index (Phi) is 7.41. The molecule has 0 saturated carbocycles. The number of nitrogens with one attached hydrogen (secondary N) is 1. The molecule has 0 aliphatic carbocycles. The van der Waals surface area contributed by atoms with Crippen LogP contribution in [0.25, 0.3) is 0 Å².